The van der Waals surface area contributed by atoms with E-state index in [0.717, 1.165) is 0 Å². The highest BCUT2D eigenvalue weighted by Crippen LogP contribution is 2.33. The van der Waals surface area contributed by atoms with Crippen molar-refractivity contribution < 1.29 is 28.2 Å². The van der Waals surface area contributed by atoms with Crippen molar-refractivity contribution in [2.24, 2.45) is 5.84 Å². The molecule has 3 N–H and O–H groups in total. The van der Waals surface area contributed by atoms with Crippen molar-refractivity contribution in [3.8, 4) is 11.5 Å². The highest BCUT2D eigenvalue weighted by atomic mass is 19.1. The molecule has 0 atom stereocenters. The average molecular weight is 369 g/mol. The molecule has 0 spiro atoms. The number of nitrogens with one attached hydrogen (secondary N) is 1. The van der Waals surface area contributed by atoms with Gasteiger partial charge in [0.05, 0.1) is 6.54 Å². The van der Waals surface area contributed by atoms with Gasteiger partial charge in [-0.2, -0.15) is 0 Å². The number of carbonyl (C=O) groups is 2. The fourth-order valence-electron chi connectivity index (χ4n) is 2.30. The number of carbonyl (C=O) groups excluding carboxylic acids is 2. The van der Waals surface area contributed by atoms with Crippen LogP contribution in [0.1, 0.15) is 32.8 Å². The molecule has 0 saturated heterocycles. The van der Waals surface area contributed by atoms with Crippen molar-refractivity contribution in [2.75, 3.05) is 19.8 Å². The van der Waals surface area contributed by atoms with Gasteiger partial charge in [0, 0.05) is 24.6 Å². The molecule has 8 nitrogen and oxygen atoms in total. The predicted molar refractivity (Wildman–Crippen MR) is 91.0 cm³/mol. The molecule has 0 bridgehead atoms. The molecule has 26 heavy (non-hydrogen) atoms. The van der Waals surface area contributed by atoms with Crippen LogP contribution in [0.2, 0.25) is 0 Å². The summed E-state index contributed by atoms with van der Waals surface area (Å²) in [5.74, 6) is 4.82. The lowest BCUT2D eigenvalue weighted by Gasteiger charge is -2.28. The van der Waals surface area contributed by atoms with E-state index in [1.54, 1.807) is 20.8 Å². The first-order chi connectivity index (χ1) is 12.2. The first kappa shape index (κ1) is 19.8. The minimum Gasteiger partial charge on any atom is -0.486 e. The van der Waals surface area contributed by atoms with Crippen LogP contribution in [0.25, 0.3) is 0 Å². The standard InChI is InChI=1S/C17H24FN3O5/c1-17(2,3)26-16(23)21(5-4-15(22)20-19)10-11-8-13-14(9-12(11)18)25-7-6-24-13/h8-9H,4-7,10,19H2,1-3H3,(H,20,22). The van der Waals surface area contributed by atoms with Gasteiger partial charge >= 0.3 is 6.09 Å². The molecule has 0 fully saturated rings. The van der Waals surface area contributed by atoms with E-state index in [9.17, 15) is 14.0 Å². The fraction of sp³-hybridized carbons (Fsp3) is 0.529. The molecule has 1 aromatic carbocycles. The normalized spacial score (nSPS) is 13.1. The molecule has 9 heteroatoms. The predicted octanol–water partition coefficient (Wildman–Crippen LogP) is 1.71. The van der Waals surface area contributed by atoms with Gasteiger partial charge in [-0.1, -0.05) is 0 Å². The Morgan fingerprint density at radius 1 is 1.27 bits per heavy atom. The SMILES string of the molecule is CC(C)(C)OC(=O)N(CCC(=O)NN)Cc1cc2c(cc1F)OCCO2. The number of hydrogen-bond acceptors (Lipinski definition) is 6. The molecule has 0 aromatic heterocycles. The van der Waals surface area contributed by atoms with Crippen LogP contribution in [0.4, 0.5) is 9.18 Å². The molecule has 0 radical (unpaired) electrons. The number of hydrazine groups is 1. The number of ether oxygens (including phenoxy) is 3. The number of fused-ring (bicyclic) bond motifs is 1. The Morgan fingerprint density at radius 2 is 1.88 bits per heavy atom. The second-order valence-corrected chi connectivity index (χ2v) is 6.81. The van der Waals surface area contributed by atoms with E-state index in [-0.39, 0.29) is 25.1 Å². The third kappa shape index (κ3) is 5.48. The maximum Gasteiger partial charge on any atom is 0.410 e. The van der Waals surface area contributed by atoms with E-state index in [4.69, 9.17) is 20.1 Å². The van der Waals surface area contributed by atoms with Crippen molar-refractivity contribution in [3.05, 3.63) is 23.5 Å². The van der Waals surface area contributed by atoms with E-state index < -0.39 is 23.4 Å². The van der Waals surface area contributed by atoms with Gasteiger partial charge in [-0.25, -0.2) is 15.0 Å². The van der Waals surface area contributed by atoms with E-state index in [1.165, 1.54) is 17.0 Å². The van der Waals surface area contributed by atoms with E-state index in [2.05, 4.69) is 0 Å². The largest absolute Gasteiger partial charge is 0.486 e. The fourth-order valence-corrected chi connectivity index (χ4v) is 2.30. The number of nitrogens with zero attached hydrogens (tertiary/aromatic N) is 1. The monoisotopic (exact) mass is 369 g/mol. The Labute approximate surface area is 151 Å². The molecule has 1 aliphatic rings. The van der Waals surface area contributed by atoms with Gasteiger partial charge in [-0.3, -0.25) is 10.2 Å². The zero-order valence-electron chi connectivity index (χ0n) is 15.1. The van der Waals surface area contributed by atoms with Gasteiger partial charge in [-0.15, -0.1) is 0 Å². The third-order valence-electron chi connectivity index (χ3n) is 3.49. The lowest BCUT2D eigenvalue weighted by Crippen LogP contribution is -2.39. The molecule has 2 amide bonds. The van der Waals surface area contributed by atoms with Gasteiger partial charge in [-0.05, 0) is 26.8 Å². The Hall–Kier alpha value is -2.55. The van der Waals surface area contributed by atoms with E-state index in [0.29, 0.717) is 24.7 Å². The van der Waals surface area contributed by atoms with Crippen molar-refractivity contribution in [3.63, 3.8) is 0 Å². The van der Waals surface area contributed by atoms with Crippen molar-refractivity contribution >= 4 is 12.0 Å². The Morgan fingerprint density at radius 3 is 2.46 bits per heavy atom. The molecule has 1 aliphatic heterocycles. The van der Waals surface area contributed by atoms with Crippen molar-refractivity contribution in [1.29, 1.82) is 0 Å². The van der Waals surface area contributed by atoms with Crippen LogP contribution in [0, 0.1) is 5.82 Å². The molecule has 144 valence electrons. The first-order valence-electron chi connectivity index (χ1n) is 8.25. The number of halogens is 1. The summed E-state index contributed by atoms with van der Waals surface area (Å²) < 4.78 is 30.5. The van der Waals surface area contributed by atoms with Gasteiger partial charge in [0.25, 0.3) is 0 Å². The van der Waals surface area contributed by atoms with Crippen LogP contribution in [-0.4, -0.2) is 42.3 Å². The molecule has 1 aromatic rings. The summed E-state index contributed by atoms with van der Waals surface area (Å²) in [5.41, 5.74) is 1.50. The average Bonchev–Trinajstić information content (AvgIpc) is 2.56. The lowest BCUT2D eigenvalue weighted by molar-refractivity contribution is -0.121. The molecular formula is C17H24FN3O5. The van der Waals surface area contributed by atoms with Crippen LogP contribution in [-0.2, 0) is 16.1 Å². The number of nitrogens with two attached hydrogens (primary N) is 1. The van der Waals surface area contributed by atoms with Gasteiger partial charge in [0.2, 0.25) is 5.91 Å². The van der Waals surface area contributed by atoms with Crippen LogP contribution in [0.5, 0.6) is 11.5 Å². The topological polar surface area (TPSA) is 103 Å². The summed E-state index contributed by atoms with van der Waals surface area (Å²) in [4.78, 5) is 25.1. The highest BCUT2D eigenvalue weighted by molar-refractivity contribution is 5.76. The molecule has 0 aliphatic carbocycles. The Kier molecular flexibility index (Phi) is 6.25. The van der Waals surface area contributed by atoms with Crippen molar-refractivity contribution in [2.45, 2.75) is 39.3 Å². The number of amides is 2. The molecule has 2 rings (SSSR count). The molecular weight excluding hydrogens is 345 g/mol. The van der Waals surface area contributed by atoms with Gasteiger partial charge in [0.15, 0.2) is 11.5 Å². The third-order valence-corrected chi connectivity index (χ3v) is 3.49. The second-order valence-electron chi connectivity index (χ2n) is 6.81. The Bertz CT molecular complexity index is 675. The van der Waals surface area contributed by atoms with Gasteiger partial charge < -0.3 is 19.1 Å². The smallest absolute Gasteiger partial charge is 0.410 e. The molecule has 0 unspecified atom stereocenters. The van der Waals surface area contributed by atoms with Crippen LogP contribution >= 0.6 is 0 Å². The first-order valence-corrected chi connectivity index (χ1v) is 8.25. The second kappa shape index (κ2) is 8.22. The lowest BCUT2D eigenvalue weighted by atomic mass is 10.1. The zero-order valence-corrected chi connectivity index (χ0v) is 15.1. The van der Waals surface area contributed by atoms with Gasteiger partial charge in [0.1, 0.15) is 24.6 Å². The summed E-state index contributed by atoms with van der Waals surface area (Å²) in [6.45, 7) is 5.82. The minimum atomic E-state index is -0.725. The summed E-state index contributed by atoms with van der Waals surface area (Å²) in [7, 11) is 0. The molecule has 0 saturated carbocycles. The minimum absolute atomic E-state index is 0.0197. The highest BCUT2D eigenvalue weighted by Gasteiger charge is 2.25. The quantitative estimate of drug-likeness (QED) is 0.465. The zero-order chi connectivity index (χ0) is 19.3. The van der Waals surface area contributed by atoms with Crippen LogP contribution in [0.3, 0.4) is 0 Å². The van der Waals surface area contributed by atoms with Crippen LogP contribution in [0.15, 0.2) is 12.1 Å². The van der Waals surface area contributed by atoms with Crippen molar-refractivity contribution in [1.82, 2.24) is 10.3 Å². The number of hydrogen-bond donors (Lipinski definition) is 2. The Balaban J connectivity index is 2.19. The maximum atomic E-state index is 14.4. The van der Waals surface area contributed by atoms with Crippen LogP contribution < -0.4 is 20.7 Å². The number of rotatable bonds is 5. The maximum absolute atomic E-state index is 14.4. The molecule has 1 heterocycles. The van der Waals surface area contributed by atoms with E-state index >= 15 is 0 Å². The summed E-state index contributed by atoms with van der Waals surface area (Å²) in [6, 6.07) is 2.72. The number of benzene rings is 1. The summed E-state index contributed by atoms with van der Waals surface area (Å²) in [6.07, 6.45) is -0.696. The summed E-state index contributed by atoms with van der Waals surface area (Å²) in [5, 5.41) is 0. The van der Waals surface area contributed by atoms with E-state index in [1.807, 2.05) is 5.43 Å². The summed E-state index contributed by atoms with van der Waals surface area (Å²) >= 11 is 0.